The van der Waals surface area contributed by atoms with E-state index in [1.807, 2.05) is 24.3 Å². The molecule has 0 aliphatic carbocycles. The van der Waals surface area contributed by atoms with E-state index < -0.39 is 0 Å². The molecule has 0 aliphatic heterocycles. The first-order valence-corrected chi connectivity index (χ1v) is 8.76. The average molecular weight is 353 g/mol. The summed E-state index contributed by atoms with van der Waals surface area (Å²) >= 11 is 0. The SMILES string of the molecule is CCCn1c(CNC(=O)Cc2nc(C)[nH]c(=O)c2C)nc2ccccc21. The Morgan fingerprint density at radius 1 is 1.23 bits per heavy atom. The number of para-hydroxylation sites is 2. The highest BCUT2D eigenvalue weighted by molar-refractivity contribution is 5.79. The van der Waals surface area contributed by atoms with E-state index in [9.17, 15) is 9.59 Å². The largest absolute Gasteiger partial charge is 0.349 e. The van der Waals surface area contributed by atoms with Crippen molar-refractivity contribution in [3.63, 3.8) is 0 Å². The molecule has 0 bridgehead atoms. The Morgan fingerprint density at radius 2 is 2.00 bits per heavy atom. The lowest BCUT2D eigenvalue weighted by Gasteiger charge is -2.10. The van der Waals surface area contributed by atoms with E-state index in [1.165, 1.54) is 0 Å². The maximum Gasteiger partial charge on any atom is 0.254 e. The normalized spacial score (nSPS) is 11.0. The molecule has 2 aromatic heterocycles. The highest BCUT2D eigenvalue weighted by Crippen LogP contribution is 2.16. The van der Waals surface area contributed by atoms with Crippen LogP contribution in [0, 0.1) is 13.8 Å². The lowest BCUT2D eigenvalue weighted by atomic mass is 10.2. The van der Waals surface area contributed by atoms with Crippen LogP contribution in [0.2, 0.25) is 0 Å². The van der Waals surface area contributed by atoms with Crippen molar-refractivity contribution in [3.05, 3.63) is 57.5 Å². The maximum atomic E-state index is 12.3. The van der Waals surface area contributed by atoms with Gasteiger partial charge in [-0.05, 0) is 32.4 Å². The van der Waals surface area contributed by atoms with E-state index in [0.717, 1.165) is 29.8 Å². The van der Waals surface area contributed by atoms with Gasteiger partial charge in [-0.25, -0.2) is 9.97 Å². The first-order chi connectivity index (χ1) is 12.5. The predicted molar refractivity (Wildman–Crippen MR) is 99.9 cm³/mol. The van der Waals surface area contributed by atoms with Crippen LogP contribution in [-0.4, -0.2) is 25.4 Å². The van der Waals surface area contributed by atoms with E-state index >= 15 is 0 Å². The number of carbonyl (C=O) groups is 1. The van der Waals surface area contributed by atoms with Gasteiger partial charge in [-0.15, -0.1) is 0 Å². The zero-order valence-corrected chi connectivity index (χ0v) is 15.3. The van der Waals surface area contributed by atoms with E-state index in [1.54, 1.807) is 13.8 Å². The number of aryl methyl sites for hydroxylation is 2. The Hall–Kier alpha value is -2.96. The third kappa shape index (κ3) is 3.66. The van der Waals surface area contributed by atoms with Crippen molar-refractivity contribution in [3.8, 4) is 0 Å². The van der Waals surface area contributed by atoms with Gasteiger partial charge in [0.15, 0.2) is 0 Å². The third-order valence-corrected chi connectivity index (χ3v) is 4.32. The Kier molecular flexibility index (Phi) is 5.16. The summed E-state index contributed by atoms with van der Waals surface area (Å²) in [6, 6.07) is 7.95. The molecule has 7 nitrogen and oxygen atoms in total. The molecule has 0 radical (unpaired) electrons. The molecule has 0 saturated heterocycles. The molecule has 1 aromatic carbocycles. The molecule has 136 valence electrons. The highest BCUT2D eigenvalue weighted by atomic mass is 16.1. The van der Waals surface area contributed by atoms with Crippen LogP contribution < -0.4 is 10.9 Å². The van der Waals surface area contributed by atoms with Gasteiger partial charge in [0, 0.05) is 12.1 Å². The number of aromatic amines is 1. The Bertz CT molecular complexity index is 1000. The standard InChI is InChI=1S/C19H23N5O2/c1-4-9-24-16-8-6-5-7-14(16)23-17(24)11-20-18(25)10-15-12(2)19(26)22-13(3)21-15/h5-8H,4,9-11H2,1-3H3,(H,20,25)(H,21,22,26). The monoisotopic (exact) mass is 353 g/mol. The molecule has 3 aromatic rings. The molecule has 2 N–H and O–H groups in total. The van der Waals surface area contributed by atoms with Crippen LogP contribution in [0.5, 0.6) is 0 Å². The molecule has 2 heterocycles. The van der Waals surface area contributed by atoms with Crippen molar-refractivity contribution >= 4 is 16.9 Å². The molecular formula is C19H23N5O2. The van der Waals surface area contributed by atoms with Crippen LogP contribution in [0.3, 0.4) is 0 Å². The van der Waals surface area contributed by atoms with E-state index in [-0.39, 0.29) is 17.9 Å². The first kappa shape index (κ1) is 17.8. The van der Waals surface area contributed by atoms with Crippen LogP contribution >= 0.6 is 0 Å². The second-order valence-electron chi connectivity index (χ2n) is 6.34. The fourth-order valence-corrected chi connectivity index (χ4v) is 3.00. The van der Waals surface area contributed by atoms with Crippen LogP contribution in [-0.2, 0) is 24.3 Å². The maximum absolute atomic E-state index is 12.3. The van der Waals surface area contributed by atoms with Crippen molar-refractivity contribution in [2.45, 2.75) is 46.7 Å². The summed E-state index contributed by atoms with van der Waals surface area (Å²) in [4.78, 5) is 35.7. The van der Waals surface area contributed by atoms with Gasteiger partial charge in [-0.2, -0.15) is 0 Å². The van der Waals surface area contributed by atoms with Crippen molar-refractivity contribution in [1.82, 2.24) is 24.8 Å². The topological polar surface area (TPSA) is 92.7 Å². The molecule has 0 atom stereocenters. The summed E-state index contributed by atoms with van der Waals surface area (Å²) in [6.45, 7) is 6.68. The summed E-state index contributed by atoms with van der Waals surface area (Å²) in [5.41, 5.74) is 2.77. The summed E-state index contributed by atoms with van der Waals surface area (Å²) in [5, 5.41) is 2.90. The minimum Gasteiger partial charge on any atom is -0.349 e. The minimum atomic E-state index is -0.204. The second kappa shape index (κ2) is 7.51. The second-order valence-corrected chi connectivity index (χ2v) is 6.34. The number of H-pyrrole nitrogens is 1. The first-order valence-electron chi connectivity index (χ1n) is 8.76. The number of hydrogen-bond acceptors (Lipinski definition) is 4. The zero-order valence-electron chi connectivity index (χ0n) is 15.3. The van der Waals surface area contributed by atoms with Gasteiger partial charge in [0.2, 0.25) is 5.91 Å². The zero-order chi connectivity index (χ0) is 18.7. The fraction of sp³-hybridized carbons (Fsp3) is 0.368. The van der Waals surface area contributed by atoms with Gasteiger partial charge in [-0.3, -0.25) is 9.59 Å². The molecule has 0 aliphatic rings. The van der Waals surface area contributed by atoms with Gasteiger partial charge < -0.3 is 14.9 Å². The number of nitrogens with zero attached hydrogens (tertiary/aromatic N) is 3. The van der Waals surface area contributed by atoms with Crippen molar-refractivity contribution in [2.24, 2.45) is 0 Å². The van der Waals surface area contributed by atoms with E-state index in [4.69, 9.17) is 0 Å². The molecule has 0 saturated carbocycles. The van der Waals surface area contributed by atoms with Gasteiger partial charge in [-0.1, -0.05) is 19.1 Å². The predicted octanol–water partition coefficient (Wildman–Crippen LogP) is 2.01. The minimum absolute atomic E-state index is 0.0740. The van der Waals surface area contributed by atoms with E-state index in [2.05, 4.69) is 31.8 Å². The summed E-state index contributed by atoms with van der Waals surface area (Å²) in [6.07, 6.45) is 1.06. The summed E-state index contributed by atoms with van der Waals surface area (Å²) < 4.78 is 2.14. The van der Waals surface area contributed by atoms with Crippen molar-refractivity contribution in [2.75, 3.05) is 0 Å². The quantitative estimate of drug-likeness (QED) is 0.709. The number of benzene rings is 1. The van der Waals surface area contributed by atoms with Crippen molar-refractivity contribution in [1.29, 1.82) is 0 Å². The number of imidazole rings is 1. The molecule has 0 fully saturated rings. The van der Waals surface area contributed by atoms with Crippen LogP contribution in [0.15, 0.2) is 29.1 Å². The molecule has 0 unspecified atom stereocenters. The molecule has 0 spiro atoms. The van der Waals surface area contributed by atoms with Crippen molar-refractivity contribution < 1.29 is 4.79 Å². The van der Waals surface area contributed by atoms with Gasteiger partial charge in [0.25, 0.3) is 5.56 Å². The number of carbonyl (C=O) groups excluding carboxylic acids is 1. The summed E-state index contributed by atoms with van der Waals surface area (Å²) in [5.74, 6) is 1.15. The third-order valence-electron chi connectivity index (χ3n) is 4.32. The average Bonchev–Trinajstić information content (AvgIpc) is 2.96. The highest BCUT2D eigenvalue weighted by Gasteiger charge is 2.13. The molecule has 3 rings (SSSR count). The van der Waals surface area contributed by atoms with Crippen LogP contribution in [0.25, 0.3) is 11.0 Å². The molecule has 7 heteroatoms. The number of fused-ring (bicyclic) bond motifs is 1. The smallest absolute Gasteiger partial charge is 0.254 e. The fourth-order valence-electron chi connectivity index (χ4n) is 3.00. The van der Waals surface area contributed by atoms with E-state index in [0.29, 0.717) is 23.6 Å². The number of amides is 1. The van der Waals surface area contributed by atoms with Gasteiger partial charge in [0.05, 0.1) is 29.7 Å². The lowest BCUT2D eigenvalue weighted by Crippen LogP contribution is -2.28. The molecule has 1 amide bonds. The Labute approximate surface area is 151 Å². The van der Waals surface area contributed by atoms with Crippen LogP contribution in [0.4, 0.5) is 0 Å². The van der Waals surface area contributed by atoms with Gasteiger partial charge >= 0.3 is 0 Å². The Balaban J connectivity index is 1.75. The number of aromatic nitrogens is 4. The molecular weight excluding hydrogens is 330 g/mol. The van der Waals surface area contributed by atoms with Crippen LogP contribution in [0.1, 0.15) is 36.3 Å². The lowest BCUT2D eigenvalue weighted by molar-refractivity contribution is -0.120. The number of hydrogen-bond donors (Lipinski definition) is 2. The molecule has 26 heavy (non-hydrogen) atoms. The summed E-state index contributed by atoms with van der Waals surface area (Å²) in [7, 11) is 0. The van der Waals surface area contributed by atoms with Gasteiger partial charge in [0.1, 0.15) is 11.6 Å². The Morgan fingerprint density at radius 3 is 2.77 bits per heavy atom. The number of rotatable bonds is 6. The number of nitrogens with one attached hydrogen (secondary N) is 2.